The van der Waals surface area contributed by atoms with E-state index in [9.17, 15) is 4.79 Å². The molecule has 0 fully saturated rings. The van der Waals surface area contributed by atoms with Crippen LogP contribution in [0.4, 0.5) is 0 Å². The van der Waals surface area contributed by atoms with Crippen LogP contribution in [0.1, 0.15) is 21.5 Å². The summed E-state index contributed by atoms with van der Waals surface area (Å²) in [4.78, 5) is 11.1. The molecule has 2 nitrogen and oxygen atoms in total. The van der Waals surface area contributed by atoms with Gasteiger partial charge in [0.25, 0.3) is 0 Å². The number of benzene rings is 2. The largest absolute Gasteiger partial charge is 0.478 e. The third-order valence-electron chi connectivity index (χ3n) is 3.05. The molecule has 0 bridgehead atoms. The molecule has 2 aromatic rings. The van der Waals surface area contributed by atoms with E-state index in [1.54, 1.807) is 12.1 Å². The SMILES string of the molecule is Cc1ccc(-c2cccc(C(=O)O)c2Br)cc1C. The van der Waals surface area contributed by atoms with E-state index in [1.165, 1.54) is 11.1 Å². The zero-order valence-electron chi connectivity index (χ0n) is 10.2. The summed E-state index contributed by atoms with van der Waals surface area (Å²) in [7, 11) is 0. The van der Waals surface area contributed by atoms with Gasteiger partial charge in [0.2, 0.25) is 0 Å². The van der Waals surface area contributed by atoms with Gasteiger partial charge < -0.3 is 5.11 Å². The average Bonchev–Trinajstić information content (AvgIpc) is 2.33. The number of aryl methyl sites for hydroxylation is 2. The Kier molecular flexibility index (Phi) is 3.53. The Labute approximate surface area is 114 Å². The number of halogens is 1. The van der Waals surface area contributed by atoms with Crippen molar-refractivity contribution in [3.05, 3.63) is 57.6 Å². The van der Waals surface area contributed by atoms with Crippen molar-refractivity contribution in [2.24, 2.45) is 0 Å². The van der Waals surface area contributed by atoms with Crippen molar-refractivity contribution in [3.8, 4) is 11.1 Å². The summed E-state index contributed by atoms with van der Waals surface area (Å²) < 4.78 is 0.626. The summed E-state index contributed by atoms with van der Waals surface area (Å²) >= 11 is 3.38. The van der Waals surface area contributed by atoms with E-state index in [-0.39, 0.29) is 5.56 Å². The van der Waals surface area contributed by atoms with Gasteiger partial charge in [-0.3, -0.25) is 0 Å². The Morgan fingerprint density at radius 2 is 1.83 bits per heavy atom. The van der Waals surface area contributed by atoms with Crippen LogP contribution >= 0.6 is 15.9 Å². The molecule has 0 atom stereocenters. The number of hydrogen-bond donors (Lipinski definition) is 1. The molecular formula is C15H13BrO2. The predicted octanol–water partition coefficient (Wildman–Crippen LogP) is 4.43. The normalized spacial score (nSPS) is 10.4. The second-order valence-corrected chi connectivity index (χ2v) is 5.06. The topological polar surface area (TPSA) is 37.3 Å². The molecule has 0 saturated carbocycles. The van der Waals surface area contributed by atoms with Gasteiger partial charge in [-0.1, -0.05) is 30.3 Å². The molecule has 0 saturated heterocycles. The van der Waals surface area contributed by atoms with Crippen LogP contribution in [-0.2, 0) is 0 Å². The lowest BCUT2D eigenvalue weighted by Crippen LogP contribution is -1.98. The fraction of sp³-hybridized carbons (Fsp3) is 0.133. The molecule has 0 amide bonds. The van der Waals surface area contributed by atoms with Crippen molar-refractivity contribution >= 4 is 21.9 Å². The number of hydrogen-bond acceptors (Lipinski definition) is 1. The van der Waals surface area contributed by atoms with Crippen LogP contribution in [0.25, 0.3) is 11.1 Å². The summed E-state index contributed by atoms with van der Waals surface area (Å²) in [5, 5.41) is 9.11. The van der Waals surface area contributed by atoms with Crippen LogP contribution in [0, 0.1) is 13.8 Å². The van der Waals surface area contributed by atoms with Gasteiger partial charge in [-0.25, -0.2) is 4.79 Å². The summed E-state index contributed by atoms with van der Waals surface area (Å²) in [5.41, 5.74) is 4.63. The van der Waals surface area contributed by atoms with Gasteiger partial charge in [-0.05, 0) is 58.1 Å². The number of carbonyl (C=O) groups is 1. The summed E-state index contributed by atoms with van der Waals surface area (Å²) in [6.45, 7) is 4.11. The Hall–Kier alpha value is -1.61. The van der Waals surface area contributed by atoms with Crippen molar-refractivity contribution in [2.75, 3.05) is 0 Å². The van der Waals surface area contributed by atoms with E-state index in [4.69, 9.17) is 5.11 Å². The molecule has 0 aliphatic rings. The first kappa shape index (κ1) is 12.8. The number of aromatic carboxylic acids is 1. The fourth-order valence-corrected chi connectivity index (χ4v) is 2.49. The first-order valence-corrected chi connectivity index (χ1v) is 6.39. The van der Waals surface area contributed by atoms with E-state index in [0.29, 0.717) is 4.47 Å². The molecule has 0 aliphatic carbocycles. The second kappa shape index (κ2) is 4.94. The van der Waals surface area contributed by atoms with Crippen molar-refractivity contribution in [1.82, 2.24) is 0 Å². The van der Waals surface area contributed by atoms with Gasteiger partial charge in [0.05, 0.1) is 5.56 Å². The zero-order chi connectivity index (χ0) is 13.3. The molecule has 2 rings (SSSR count). The highest BCUT2D eigenvalue weighted by molar-refractivity contribution is 9.10. The lowest BCUT2D eigenvalue weighted by molar-refractivity contribution is 0.0696. The minimum Gasteiger partial charge on any atom is -0.478 e. The molecular weight excluding hydrogens is 292 g/mol. The molecule has 18 heavy (non-hydrogen) atoms. The van der Waals surface area contributed by atoms with Crippen LogP contribution < -0.4 is 0 Å². The first-order valence-electron chi connectivity index (χ1n) is 5.60. The van der Waals surface area contributed by atoms with Gasteiger partial charge in [-0.2, -0.15) is 0 Å². The van der Waals surface area contributed by atoms with Crippen LogP contribution in [-0.4, -0.2) is 11.1 Å². The summed E-state index contributed by atoms with van der Waals surface area (Å²) in [6.07, 6.45) is 0. The van der Waals surface area contributed by atoms with Gasteiger partial charge >= 0.3 is 5.97 Å². The average molecular weight is 305 g/mol. The van der Waals surface area contributed by atoms with Crippen molar-refractivity contribution in [2.45, 2.75) is 13.8 Å². The first-order chi connectivity index (χ1) is 8.50. The molecule has 0 spiro atoms. The highest BCUT2D eigenvalue weighted by Gasteiger charge is 2.12. The second-order valence-electron chi connectivity index (χ2n) is 4.27. The third kappa shape index (κ3) is 2.31. The van der Waals surface area contributed by atoms with Gasteiger partial charge in [0, 0.05) is 4.47 Å². The van der Waals surface area contributed by atoms with Crippen LogP contribution in [0.15, 0.2) is 40.9 Å². The van der Waals surface area contributed by atoms with Gasteiger partial charge in [0.1, 0.15) is 0 Å². The summed E-state index contributed by atoms with van der Waals surface area (Å²) in [6, 6.07) is 11.4. The summed E-state index contributed by atoms with van der Waals surface area (Å²) in [5.74, 6) is -0.924. The highest BCUT2D eigenvalue weighted by Crippen LogP contribution is 2.32. The molecule has 0 heterocycles. The van der Waals surface area contributed by atoms with Gasteiger partial charge in [-0.15, -0.1) is 0 Å². The smallest absolute Gasteiger partial charge is 0.336 e. The van der Waals surface area contributed by atoms with E-state index < -0.39 is 5.97 Å². The van der Waals surface area contributed by atoms with Crippen LogP contribution in [0.2, 0.25) is 0 Å². The zero-order valence-corrected chi connectivity index (χ0v) is 11.8. The third-order valence-corrected chi connectivity index (χ3v) is 3.90. The van der Waals surface area contributed by atoms with Crippen LogP contribution in [0.5, 0.6) is 0 Å². The molecule has 0 aromatic heterocycles. The van der Waals surface area contributed by atoms with Crippen LogP contribution in [0.3, 0.4) is 0 Å². The number of rotatable bonds is 2. The van der Waals surface area contributed by atoms with E-state index >= 15 is 0 Å². The quantitative estimate of drug-likeness (QED) is 0.891. The molecule has 2 aromatic carbocycles. The Bertz CT molecular complexity index is 618. The maximum absolute atomic E-state index is 11.1. The molecule has 0 unspecified atom stereocenters. The van der Waals surface area contributed by atoms with E-state index in [1.807, 2.05) is 25.1 Å². The minimum absolute atomic E-state index is 0.283. The monoisotopic (exact) mass is 304 g/mol. The fourth-order valence-electron chi connectivity index (χ4n) is 1.83. The number of carboxylic acids is 1. The minimum atomic E-state index is -0.924. The molecule has 3 heteroatoms. The number of carboxylic acid groups (broad SMARTS) is 1. The van der Waals surface area contributed by atoms with Crippen molar-refractivity contribution in [3.63, 3.8) is 0 Å². The lowest BCUT2D eigenvalue weighted by Gasteiger charge is -2.09. The Balaban J connectivity index is 2.60. The van der Waals surface area contributed by atoms with E-state index in [2.05, 4.69) is 28.9 Å². The van der Waals surface area contributed by atoms with Gasteiger partial charge in [0.15, 0.2) is 0 Å². The highest BCUT2D eigenvalue weighted by atomic mass is 79.9. The molecule has 0 radical (unpaired) electrons. The Morgan fingerprint density at radius 1 is 1.11 bits per heavy atom. The molecule has 1 N–H and O–H groups in total. The maximum Gasteiger partial charge on any atom is 0.336 e. The standard InChI is InChI=1S/C15H13BrO2/c1-9-6-7-11(8-10(9)2)12-4-3-5-13(14(12)16)15(17)18/h3-8H,1-2H3,(H,17,18). The van der Waals surface area contributed by atoms with Crippen molar-refractivity contribution in [1.29, 1.82) is 0 Å². The molecule has 92 valence electrons. The lowest BCUT2D eigenvalue weighted by atomic mass is 9.99. The Morgan fingerprint density at radius 3 is 2.44 bits per heavy atom. The molecule has 0 aliphatic heterocycles. The maximum atomic E-state index is 11.1. The predicted molar refractivity (Wildman–Crippen MR) is 76.0 cm³/mol. The van der Waals surface area contributed by atoms with E-state index in [0.717, 1.165) is 11.1 Å². The van der Waals surface area contributed by atoms with Crippen molar-refractivity contribution < 1.29 is 9.90 Å².